The summed E-state index contributed by atoms with van der Waals surface area (Å²) in [6.45, 7) is 6.41. The Bertz CT molecular complexity index is 435. The van der Waals surface area contributed by atoms with Crippen LogP contribution in [0.2, 0.25) is 0 Å². The molecule has 2 nitrogen and oxygen atoms in total. The van der Waals surface area contributed by atoms with Crippen molar-refractivity contribution in [3.05, 3.63) is 34.4 Å². The van der Waals surface area contributed by atoms with Crippen LogP contribution in [0.5, 0.6) is 0 Å². The number of aliphatic hydroxyl groups excluding tert-OH is 1. The summed E-state index contributed by atoms with van der Waals surface area (Å²) in [7, 11) is 1.75. The Labute approximate surface area is 123 Å². The number of benzene rings is 1. The van der Waals surface area contributed by atoms with Gasteiger partial charge in [0, 0.05) is 13.5 Å². The number of methoxy groups -OCH3 is 1. The van der Waals surface area contributed by atoms with Gasteiger partial charge in [0.05, 0.1) is 11.7 Å². The minimum atomic E-state index is -0.409. The lowest BCUT2D eigenvalue weighted by atomic mass is 9.77. The van der Waals surface area contributed by atoms with Crippen LogP contribution in [0.1, 0.15) is 54.4 Å². The summed E-state index contributed by atoms with van der Waals surface area (Å²) < 4.78 is 5.77. The summed E-state index contributed by atoms with van der Waals surface area (Å²) in [6, 6.07) is 4.41. The molecule has 0 aliphatic heterocycles. The summed E-state index contributed by atoms with van der Waals surface area (Å²) in [5.74, 6) is 0. The van der Waals surface area contributed by atoms with Crippen LogP contribution < -0.4 is 0 Å². The van der Waals surface area contributed by atoms with Crippen LogP contribution >= 0.6 is 0 Å². The van der Waals surface area contributed by atoms with E-state index in [1.165, 1.54) is 28.7 Å². The average Bonchev–Trinajstić information content (AvgIpc) is 2.43. The van der Waals surface area contributed by atoms with E-state index < -0.39 is 6.10 Å². The molecule has 0 bridgehead atoms. The lowest BCUT2D eigenvalue weighted by Gasteiger charge is -2.40. The maximum absolute atomic E-state index is 10.8. The normalized spacial score (nSPS) is 19.9. The van der Waals surface area contributed by atoms with E-state index >= 15 is 0 Å². The lowest BCUT2D eigenvalue weighted by Crippen LogP contribution is -2.47. The van der Waals surface area contributed by atoms with Gasteiger partial charge in [-0.2, -0.15) is 0 Å². The van der Waals surface area contributed by atoms with Crippen LogP contribution in [0, 0.1) is 20.8 Å². The molecule has 0 radical (unpaired) electrons. The number of hydrogen-bond acceptors (Lipinski definition) is 2. The van der Waals surface area contributed by atoms with Crippen LogP contribution in [-0.2, 0) is 11.2 Å². The molecule has 112 valence electrons. The van der Waals surface area contributed by atoms with E-state index in [0.717, 1.165) is 25.7 Å². The summed E-state index contributed by atoms with van der Waals surface area (Å²) in [6.07, 6.45) is 5.84. The zero-order chi connectivity index (χ0) is 14.8. The fraction of sp³-hybridized carbons (Fsp3) is 0.667. The highest BCUT2D eigenvalue weighted by molar-refractivity contribution is 5.38. The van der Waals surface area contributed by atoms with Crippen LogP contribution in [0.25, 0.3) is 0 Å². The highest BCUT2D eigenvalue weighted by Gasteiger charge is 2.39. The molecule has 1 N–H and O–H groups in total. The van der Waals surface area contributed by atoms with Crippen molar-refractivity contribution < 1.29 is 9.84 Å². The van der Waals surface area contributed by atoms with Crippen molar-refractivity contribution in [2.75, 3.05) is 7.11 Å². The van der Waals surface area contributed by atoms with Crippen molar-refractivity contribution in [3.63, 3.8) is 0 Å². The molecule has 0 saturated heterocycles. The summed E-state index contributed by atoms with van der Waals surface area (Å²) in [5, 5.41) is 10.8. The van der Waals surface area contributed by atoms with Crippen LogP contribution in [-0.4, -0.2) is 23.9 Å². The van der Waals surface area contributed by atoms with Crippen molar-refractivity contribution in [1.29, 1.82) is 0 Å². The predicted molar refractivity (Wildman–Crippen MR) is 83.2 cm³/mol. The van der Waals surface area contributed by atoms with Gasteiger partial charge in [0.15, 0.2) is 0 Å². The van der Waals surface area contributed by atoms with Crippen molar-refractivity contribution in [3.8, 4) is 0 Å². The van der Waals surface area contributed by atoms with Crippen molar-refractivity contribution in [2.24, 2.45) is 0 Å². The van der Waals surface area contributed by atoms with E-state index in [-0.39, 0.29) is 5.60 Å². The molecule has 1 aromatic rings. The predicted octanol–water partition coefficient (Wildman–Crippen LogP) is 3.86. The zero-order valence-corrected chi connectivity index (χ0v) is 13.3. The molecule has 0 aromatic heterocycles. The molecular weight excluding hydrogens is 248 g/mol. The number of aliphatic hydroxyl groups is 1. The molecule has 1 aromatic carbocycles. The first-order valence-electron chi connectivity index (χ1n) is 7.78. The van der Waals surface area contributed by atoms with Gasteiger partial charge in [0.25, 0.3) is 0 Å². The van der Waals surface area contributed by atoms with Crippen LogP contribution in [0.3, 0.4) is 0 Å². The van der Waals surface area contributed by atoms with Gasteiger partial charge in [0.1, 0.15) is 0 Å². The van der Waals surface area contributed by atoms with E-state index in [9.17, 15) is 5.11 Å². The number of aryl methyl sites for hydroxylation is 3. The molecule has 1 saturated carbocycles. The van der Waals surface area contributed by atoms with Gasteiger partial charge >= 0.3 is 0 Å². The van der Waals surface area contributed by atoms with E-state index in [1.807, 2.05) is 0 Å². The summed E-state index contributed by atoms with van der Waals surface area (Å²) >= 11 is 0. The van der Waals surface area contributed by atoms with Crippen LogP contribution in [0.15, 0.2) is 12.1 Å². The SMILES string of the molecule is COC1(C(O)Cc2c(C)cc(C)cc2C)CCCCC1. The van der Waals surface area contributed by atoms with Crippen LogP contribution in [0.4, 0.5) is 0 Å². The Morgan fingerprint density at radius 3 is 2.15 bits per heavy atom. The van der Waals surface area contributed by atoms with Crippen molar-refractivity contribution >= 4 is 0 Å². The van der Waals surface area contributed by atoms with E-state index in [4.69, 9.17) is 4.74 Å². The summed E-state index contributed by atoms with van der Waals surface area (Å²) in [5.41, 5.74) is 4.80. The monoisotopic (exact) mass is 276 g/mol. The van der Waals surface area contributed by atoms with Crippen molar-refractivity contribution in [2.45, 2.75) is 71.0 Å². The number of rotatable bonds is 4. The third-order valence-corrected chi connectivity index (χ3v) is 4.95. The van der Waals surface area contributed by atoms with Gasteiger partial charge in [-0.15, -0.1) is 0 Å². The topological polar surface area (TPSA) is 29.5 Å². The Hall–Kier alpha value is -0.860. The molecule has 0 heterocycles. The van der Waals surface area contributed by atoms with E-state index in [0.29, 0.717) is 6.42 Å². The van der Waals surface area contributed by atoms with Crippen molar-refractivity contribution in [1.82, 2.24) is 0 Å². The maximum Gasteiger partial charge on any atom is 0.0939 e. The molecule has 0 amide bonds. The molecule has 1 unspecified atom stereocenters. The lowest BCUT2D eigenvalue weighted by molar-refractivity contribution is -0.122. The van der Waals surface area contributed by atoms with Gasteiger partial charge in [-0.05, 0) is 50.3 Å². The molecule has 0 spiro atoms. The molecule has 1 fully saturated rings. The van der Waals surface area contributed by atoms with E-state index in [1.54, 1.807) is 7.11 Å². The molecule has 20 heavy (non-hydrogen) atoms. The first-order chi connectivity index (χ1) is 9.48. The fourth-order valence-corrected chi connectivity index (χ4v) is 3.73. The van der Waals surface area contributed by atoms with Gasteiger partial charge in [-0.25, -0.2) is 0 Å². The Morgan fingerprint density at radius 1 is 1.10 bits per heavy atom. The second kappa shape index (κ2) is 6.28. The quantitative estimate of drug-likeness (QED) is 0.904. The average molecular weight is 276 g/mol. The fourth-order valence-electron chi connectivity index (χ4n) is 3.73. The standard InChI is InChI=1S/C18H28O2/c1-13-10-14(2)16(15(3)11-13)12-17(19)18(20-4)8-6-5-7-9-18/h10-11,17,19H,5-9,12H2,1-4H3. The van der Waals surface area contributed by atoms with Gasteiger partial charge in [-0.3, -0.25) is 0 Å². The molecule has 2 heteroatoms. The van der Waals surface area contributed by atoms with Gasteiger partial charge in [0.2, 0.25) is 0 Å². The third-order valence-electron chi connectivity index (χ3n) is 4.95. The Kier molecular flexibility index (Phi) is 4.87. The van der Waals surface area contributed by atoms with Gasteiger partial charge in [-0.1, -0.05) is 37.0 Å². The first kappa shape index (κ1) is 15.5. The molecule has 1 atom stereocenters. The molecular formula is C18H28O2. The number of ether oxygens (including phenoxy) is 1. The second-order valence-corrected chi connectivity index (χ2v) is 6.43. The second-order valence-electron chi connectivity index (χ2n) is 6.43. The highest BCUT2D eigenvalue weighted by atomic mass is 16.5. The zero-order valence-electron chi connectivity index (χ0n) is 13.3. The minimum Gasteiger partial charge on any atom is -0.390 e. The third kappa shape index (κ3) is 3.07. The minimum absolute atomic E-state index is 0.331. The Balaban J connectivity index is 2.20. The van der Waals surface area contributed by atoms with E-state index in [2.05, 4.69) is 32.9 Å². The summed E-state index contributed by atoms with van der Waals surface area (Å²) in [4.78, 5) is 0. The molecule has 2 rings (SSSR count). The Morgan fingerprint density at radius 2 is 1.65 bits per heavy atom. The smallest absolute Gasteiger partial charge is 0.0939 e. The highest BCUT2D eigenvalue weighted by Crippen LogP contribution is 2.36. The van der Waals surface area contributed by atoms with Gasteiger partial charge < -0.3 is 9.84 Å². The largest absolute Gasteiger partial charge is 0.390 e. The first-order valence-corrected chi connectivity index (χ1v) is 7.78. The molecule has 1 aliphatic rings. The maximum atomic E-state index is 10.8. The number of hydrogen-bond donors (Lipinski definition) is 1. The molecule has 1 aliphatic carbocycles.